The molecule has 100 valence electrons. The molecule has 1 aromatic heterocycles. The van der Waals surface area contributed by atoms with Crippen molar-refractivity contribution in [3.8, 4) is 0 Å². The molecule has 4 nitrogen and oxygen atoms in total. The van der Waals surface area contributed by atoms with E-state index in [1.807, 2.05) is 12.3 Å². The van der Waals surface area contributed by atoms with Gasteiger partial charge in [-0.2, -0.15) is 0 Å². The quantitative estimate of drug-likeness (QED) is 0.856. The highest BCUT2D eigenvalue weighted by molar-refractivity contribution is 5.66. The predicted molar refractivity (Wildman–Crippen MR) is 77.3 cm³/mol. The summed E-state index contributed by atoms with van der Waals surface area (Å²) in [6, 6.07) is 4.13. The Balaban J connectivity index is 2.19. The van der Waals surface area contributed by atoms with E-state index in [9.17, 15) is 0 Å². The molecular weight excluding hydrogens is 224 g/mol. The van der Waals surface area contributed by atoms with Crippen LogP contribution >= 0.6 is 0 Å². The van der Waals surface area contributed by atoms with Crippen molar-refractivity contribution in [3.05, 3.63) is 18.3 Å². The molecule has 2 rings (SSSR count). The second kappa shape index (κ2) is 5.57. The van der Waals surface area contributed by atoms with Crippen molar-refractivity contribution in [2.24, 2.45) is 0 Å². The van der Waals surface area contributed by atoms with Crippen molar-refractivity contribution in [1.29, 1.82) is 0 Å². The van der Waals surface area contributed by atoms with E-state index >= 15 is 0 Å². The molecule has 18 heavy (non-hydrogen) atoms. The van der Waals surface area contributed by atoms with Gasteiger partial charge in [-0.3, -0.25) is 0 Å². The van der Waals surface area contributed by atoms with Gasteiger partial charge < -0.3 is 15.5 Å². The SMILES string of the molecule is CCC(C)(C)Nc1cccnc1N1CCNCC1. The lowest BCUT2D eigenvalue weighted by Crippen LogP contribution is -2.44. The molecular formula is C14H24N4. The highest BCUT2D eigenvalue weighted by Gasteiger charge is 2.20. The van der Waals surface area contributed by atoms with Crippen LogP contribution in [0.3, 0.4) is 0 Å². The number of anilines is 2. The van der Waals surface area contributed by atoms with Gasteiger partial charge in [0.1, 0.15) is 0 Å². The van der Waals surface area contributed by atoms with Crippen molar-refractivity contribution < 1.29 is 0 Å². The van der Waals surface area contributed by atoms with Gasteiger partial charge in [-0.1, -0.05) is 6.92 Å². The lowest BCUT2D eigenvalue weighted by atomic mass is 10.0. The number of hydrogen-bond acceptors (Lipinski definition) is 4. The lowest BCUT2D eigenvalue weighted by molar-refractivity contribution is 0.545. The molecule has 0 atom stereocenters. The van der Waals surface area contributed by atoms with E-state index in [0.29, 0.717) is 0 Å². The minimum Gasteiger partial charge on any atom is -0.377 e. The third kappa shape index (κ3) is 3.13. The summed E-state index contributed by atoms with van der Waals surface area (Å²) in [7, 11) is 0. The first-order valence-electron chi connectivity index (χ1n) is 6.81. The third-order valence-corrected chi connectivity index (χ3v) is 3.56. The Hall–Kier alpha value is -1.29. The molecule has 0 saturated carbocycles. The maximum atomic E-state index is 4.56. The third-order valence-electron chi connectivity index (χ3n) is 3.56. The lowest BCUT2D eigenvalue weighted by Gasteiger charge is -2.33. The second-order valence-corrected chi connectivity index (χ2v) is 5.47. The molecule has 0 radical (unpaired) electrons. The summed E-state index contributed by atoms with van der Waals surface area (Å²) in [5.74, 6) is 1.08. The van der Waals surface area contributed by atoms with Crippen LogP contribution < -0.4 is 15.5 Å². The van der Waals surface area contributed by atoms with E-state index in [2.05, 4.69) is 47.4 Å². The van der Waals surface area contributed by atoms with Crippen LogP contribution in [0.2, 0.25) is 0 Å². The topological polar surface area (TPSA) is 40.2 Å². The Morgan fingerprint density at radius 2 is 2.11 bits per heavy atom. The van der Waals surface area contributed by atoms with Gasteiger partial charge in [0.25, 0.3) is 0 Å². The smallest absolute Gasteiger partial charge is 0.152 e. The summed E-state index contributed by atoms with van der Waals surface area (Å²) in [5, 5.41) is 6.98. The average molecular weight is 248 g/mol. The molecule has 0 spiro atoms. The van der Waals surface area contributed by atoms with Crippen LogP contribution in [0.1, 0.15) is 27.2 Å². The predicted octanol–water partition coefficient (Wildman–Crippen LogP) is 2.09. The van der Waals surface area contributed by atoms with Gasteiger partial charge in [-0.15, -0.1) is 0 Å². The van der Waals surface area contributed by atoms with E-state index in [4.69, 9.17) is 0 Å². The van der Waals surface area contributed by atoms with E-state index in [1.54, 1.807) is 0 Å². The number of pyridine rings is 1. The number of nitrogens with one attached hydrogen (secondary N) is 2. The molecule has 0 amide bonds. The van der Waals surface area contributed by atoms with Gasteiger partial charge in [0, 0.05) is 37.9 Å². The first-order valence-corrected chi connectivity index (χ1v) is 6.81. The van der Waals surface area contributed by atoms with Gasteiger partial charge in [0.15, 0.2) is 5.82 Å². The van der Waals surface area contributed by atoms with E-state index in [0.717, 1.165) is 44.1 Å². The Labute approximate surface area is 110 Å². The van der Waals surface area contributed by atoms with Crippen LogP contribution in [0, 0.1) is 0 Å². The molecule has 2 heterocycles. The maximum Gasteiger partial charge on any atom is 0.152 e. The summed E-state index contributed by atoms with van der Waals surface area (Å²) in [5.41, 5.74) is 1.25. The van der Waals surface area contributed by atoms with Crippen LogP contribution in [-0.2, 0) is 0 Å². The fourth-order valence-electron chi connectivity index (χ4n) is 2.08. The number of rotatable bonds is 4. The number of nitrogens with zero attached hydrogens (tertiary/aromatic N) is 2. The molecule has 2 N–H and O–H groups in total. The van der Waals surface area contributed by atoms with Crippen LogP contribution in [0.15, 0.2) is 18.3 Å². The standard InChI is InChI=1S/C14H24N4/c1-4-14(2,3)17-12-6-5-7-16-13(12)18-10-8-15-9-11-18/h5-7,15,17H,4,8-11H2,1-3H3. The van der Waals surface area contributed by atoms with Gasteiger partial charge in [0.05, 0.1) is 5.69 Å². The number of aromatic nitrogens is 1. The summed E-state index contributed by atoms with van der Waals surface area (Å²) in [4.78, 5) is 6.91. The summed E-state index contributed by atoms with van der Waals surface area (Å²) in [6.45, 7) is 10.8. The van der Waals surface area contributed by atoms with Crippen molar-refractivity contribution in [2.75, 3.05) is 36.4 Å². The van der Waals surface area contributed by atoms with Crippen LogP contribution in [0.5, 0.6) is 0 Å². The zero-order chi connectivity index (χ0) is 13.0. The van der Waals surface area contributed by atoms with Crippen molar-refractivity contribution in [3.63, 3.8) is 0 Å². The van der Waals surface area contributed by atoms with Crippen LogP contribution in [0.4, 0.5) is 11.5 Å². The van der Waals surface area contributed by atoms with E-state index in [1.165, 1.54) is 0 Å². The number of hydrogen-bond donors (Lipinski definition) is 2. The van der Waals surface area contributed by atoms with Crippen molar-refractivity contribution in [2.45, 2.75) is 32.7 Å². The Morgan fingerprint density at radius 3 is 2.78 bits per heavy atom. The average Bonchev–Trinajstić information content (AvgIpc) is 2.40. The molecule has 1 aromatic rings. The monoisotopic (exact) mass is 248 g/mol. The van der Waals surface area contributed by atoms with E-state index < -0.39 is 0 Å². The number of piperazine rings is 1. The van der Waals surface area contributed by atoms with E-state index in [-0.39, 0.29) is 5.54 Å². The van der Waals surface area contributed by atoms with Crippen LogP contribution in [-0.4, -0.2) is 36.7 Å². The Kier molecular flexibility index (Phi) is 4.07. The van der Waals surface area contributed by atoms with Gasteiger partial charge in [-0.05, 0) is 32.4 Å². The van der Waals surface area contributed by atoms with Gasteiger partial charge >= 0.3 is 0 Å². The van der Waals surface area contributed by atoms with Gasteiger partial charge in [0.2, 0.25) is 0 Å². The minimum absolute atomic E-state index is 0.103. The molecule has 1 aliphatic heterocycles. The fourth-order valence-corrected chi connectivity index (χ4v) is 2.08. The largest absolute Gasteiger partial charge is 0.377 e. The first kappa shape index (κ1) is 13.1. The first-order chi connectivity index (χ1) is 8.62. The minimum atomic E-state index is 0.103. The Bertz CT molecular complexity index is 383. The van der Waals surface area contributed by atoms with Crippen LogP contribution in [0.25, 0.3) is 0 Å². The highest BCUT2D eigenvalue weighted by Crippen LogP contribution is 2.27. The molecule has 0 aromatic carbocycles. The fraction of sp³-hybridized carbons (Fsp3) is 0.643. The zero-order valence-electron chi connectivity index (χ0n) is 11.7. The highest BCUT2D eigenvalue weighted by atomic mass is 15.2. The zero-order valence-corrected chi connectivity index (χ0v) is 11.7. The summed E-state index contributed by atoms with van der Waals surface area (Å²) in [6.07, 6.45) is 2.96. The second-order valence-electron chi connectivity index (χ2n) is 5.47. The van der Waals surface area contributed by atoms with Crippen molar-refractivity contribution in [1.82, 2.24) is 10.3 Å². The van der Waals surface area contributed by atoms with Crippen molar-refractivity contribution >= 4 is 11.5 Å². The molecule has 4 heteroatoms. The molecule has 0 unspecified atom stereocenters. The molecule has 0 bridgehead atoms. The molecule has 0 aliphatic carbocycles. The summed E-state index contributed by atoms with van der Waals surface area (Å²) < 4.78 is 0. The maximum absolute atomic E-state index is 4.56. The summed E-state index contributed by atoms with van der Waals surface area (Å²) >= 11 is 0. The molecule has 1 saturated heterocycles. The molecule has 1 aliphatic rings. The van der Waals surface area contributed by atoms with Gasteiger partial charge in [-0.25, -0.2) is 4.98 Å². The normalized spacial score (nSPS) is 16.7. The molecule has 1 fully saturated rings. The Morgan fingerprint density at radius 1 is 1.39 bits per heavy atom.